The summed E-state index contributed by atoms with van der Waals surface area (Å²) in [5.74, 6) is 0.938. The third kappa shape index (κ3) is 2.81. The molecule has 2 heteroatoms. The summed E-state index contributed by atoms with van der Waals surface area (Å²) < 4.78 is 5.65. The Bertz CT molecular complexity index is 532. The minimum Gasteiger partial charge on any atom is -0.493 e. The van der Waals surface area contributed by atoms with Gasteiger partial charge >= 0.3 is 0 Å². The molecule has 1 heterocycles. The highest BCUT2D eigenvalue weighted by atomic mass is 16.5. The summed E-state index contributed by atoms with van der Waals surface area (Å²) in [6, 6.07) is 6.20. The second-order valence-electron chi connectivity index (χ2n) is 4.12. The largest absolute Gasteiger partial charge is 0.493 e. The summed E-state index contributed by atoms with van der Waals surface area (Å²) >= 11 is 0. The Labute approximate surface area is 110 Å². The van der Waals surface area contributed by atoms with Gasteiger partial charge in [0, 0.05) is 11.1 Å². The first kappa shape index (κ1) is 14.5. The highest BCUT2D eigenvalue weighted by Crippen LogP contribution is 2.30. The first-order valence-electron chi connectivity index (χ1n) is 6.64. The van der Waals surface area contributed by atoms with Crippen LogP contribution in [0.4, 0.5) is 0 Å². The Balaban J connectivity index is 0.000000771. The van der Waals surface area contributed by atoms with E-state index in [0.29, 0.717) is 6.61 Å². The van der Waals surface area contributed by atoms with Gasteiger partial charge in [-0.1, -0.05) is 19.9 Å². The maximum Gasteiger partial charge on any atom is 0.128 e. The lowest BCUT2D eigenvalue weighted by atomic mass is 10.0. The molecular weight excluding hydrogens is 222 g/mol. The number of rotatable bonds is 2. The van der Waals surface area contributed by atoms with Crippen LogP contribution >= 0.6 is 0 Å². The van der Waals surface area contributed by atoms with E-state index in [1.165, 1.54) is 11.1 Å². The fourth-order valence-corrected chi connectivity index (χ4v) is 2.07. The zero-order valence-corrected chi connectivity index (χ0v) is 12.3. The lowest BCUT2D eigenvalue weighted by molar-refractivity contribution is 0.344. The van der Waals surface area contributed by atoms with Crippen LogP contribution in [-0.4, -0.2) is 11.6 Å². The van der Waals surface area contributed by atoms with Crippen LogP contribution in [0.2, 0.25) is 0 Å². The molecule has 0 unspecified atom stereocenters. The van der Waals surface area contributed by atoms with E-state index in [0.717, 1.165) is 22.3 Å². The number of aryl methyl sites for hydroxylation is 3. The average Bonchev–Trinajstić information content (AvgIpc) is 2.35. The third-order valence-corrected chi connectivity index (χ3v) is 2.75. The number of hydrogen-bond acceptors (Lipinski definition) is 2. The molecule has 0 aliphatic carbocycles. The molecule has 18 heavy (non-hydrogen) atoms. The zero-order valence-electron chi connectivity index (χ0n) is 12.3. The molecule has 1 aromatic carbocycles. The first-order valence-corrected chi connectivity index (χ1v) is 6.64. The van der Waals surface area contributed by atoms with E-state index in [4.69, 9.17) is 4.74 Å². The van der Waals surface area contributed by atoms with Gasteiger partial charge in [-0.05, 0) is 51.0 Å². The number of hydrogen-bond donors (Lipinski definition) is 0. The van der Waals surface area contributed by atoms with Crippen molar-refractivity contribution in [1.82, 2.24) is 4.98 Å². The number of fused-ring (bicyclic) bond motifs is 1. The maximum absolute atomic E-state index is 5.65. The Kier molecular flexibility index (Phi) is 5.14. The third-order valence-electron chi connectivity index (χ3n) is 2.75. The number of aromatic nitrogens is 1. The molecule has 0 saturated heterocycles. The van der Waals surface area contributed by atoms with Gasteiger partial charge in [-0.25, -0.2) is 0 Å². The quantitative estimate of drug-likeness (QED) is 0.772. The van der Waals surface area contributed by atoms with Gasteiger partial charge in [0.25, 0.3) is 0 Å². The molecule has 0 fully saturated rings. The normalized spacial score (nSPS) is 9.89. The van der Waals surface area contributed by atoms with Gasteiger partial charge in [0.1, 0.15) is 5.75 Å². The summed E-state index contributed by atoms with van der Waals surface area (Å²) in [7, 11) is 0. The van der Waals surface area contributed by atoms with Crippen LogP contribution in [0.1, 0.15) is 37.6 Å². The van der Waals surface area contributed by atoms with Crippen molar-refractivity contribution in [1.29, 1.82) is 0 Å². The maximum atomic E-state index is 5.65. The summed E-state index contributed by atoms with van der Waals surface area (Å²) in [4.78, 5) is 4.60. The Morgan fingerprint density at radius 3 is 2.33 bits per heavy atom. The van der Waals surface area contributed by atoms with Crippen molar-refractivity contribution in [2.45, 2.75) is 41.5 Å². The first-order chi connectivity index (χ1) is 8.63. The van der Waals surface area contributed by atoms with Gasteiger partial charge in [0.05, 0.1) is 12.1 Å². The van der Waals surface area contributed by atoms with Crippen molar-refractivity contribution in [3.05, 3.63) is 35.0 Å². The zero-order chi connectivity index (χ0) is 13.7. The molecule has 0 amide bonds. The molecule has 0 spiro atoms. The van der Waals surface area contributed by atoms with Crippen molar-refractivity contribution in [2.24, 2.45) is 0 Å². The van der Waals surface area contributed by atoms with E-state index in [1.54, 1.807) is 0 Å². The van der Waals surface area contributed by atoms with Crippen LogP contribution in [0.15, 0.2) is 18.2 Å². The molecule has 98 valence electrons. The van der Waals surface area contributed by atoms with E-state index in [9.17, 15) is 0 Å². The van der Waals surface area contributed by atoms with Gasteiger partial charge < -0.3 is 4.74 Å². The monoisotopic (exact) mass is 245 g/mol. The predicted octanol–water partition coefficient (Wildman–Crippen LogP) is 4.58. The number of pyridine rings is 1. The van der Waals surface area contributed by atoms with Crippen LogP contribution in [0.25, 0.3) is 10.9 Å². The molecule has 0 N–H and O–H groups in total. The second kappa shape index (κ2) is 6.39. The molecule has 2 rings (SSSR count). The highest BCUT2D eigenvalue weighted by Gasteiger charge is 2.09. The number of benzene rings is 1. The molecule has 0 aliphatic rings. The predicted molar refractivity (Wildman–Crippen MR) is 78.5 cm³/mol. The van der Waals surface area contributed by atoms with Gasteiger partial charge in [0.2, 0.25) is 0 Å². The average molecular weight is 245 g/mol. The van der Waals surface area contributed by atoms with Gasteiger partial charge in [0.15, 0.2) is 0 Å². The Hall–Kier alpha value is -1.57. The van der Waals surface area contributed by atoms with E-state index in [-0.39, 0.29) is 0 Å². The Morgan fingerprint density at radius 1 is 1.06 bits per heavy atom. The molecule has 0 aliphatic heterocycles. The van der Waals surface area contributed by atoms with Crippen LogP contribution in [0.3, 0.4) is 0 Å². The summed E-state index contributed by atoms with van der Waals surface area (Å²) in [5, 5.41) is 1.15. The Morgan fingerprint density at radius 2 is 1.72 bits per heavy atom. The smallest absolute Gasteiger partial charge is 0.128 e. The lowest BCUT2D eigenvalue weighted by Gasteiger charge is -2.12. The standard InChI is InChI=1S/C14H17NO.C2H6/c1-5-16-12-7-6-9(2)14-13(12)10(3)8-11(4)15-14;1-2/h6-8H,5H2,1-4H3;1-2H3. The number of ether oxygens (including phenoxy) is 1. The molecule has 1 aromatic heterocycles. The van der Waals surface area contributed by atoms with Crippen molar-refractivity contribution < 1.29 is 4.74 Å². The molecule has 0 radical (unpaired) electrons. The fraction of sp³-hybridized carbons (Fsp3) is 0.438. The molecule has 0 saturated carbocycles. The van der Waals surface area contributed by atoms with Crippen molar-refractivity contribution in [3.63, 3.8) is 0 Å². The van der Waals surface area contributed by atoms with E-state index in [1.807, 2.05) is 33.8 Å². The molecule has 0 bridgehead atoms. The minimum atomic E-state index is 0.686. The van der Waals surface area contributed by atoms with Crippen LogP contribution in [0, 0.1) is 20.8 Å². The highest BCUT2D eigenvalue weighted by molar-refractivity contribution is 5.90. The van der Waals surface area contributed by atoms with Gasteiger partial charge in [-0.3, -0.25) is 4.98 Å². The lowest BCUT2D eigenvalue weighted by Crippen LogP contribution is -1.97. The van der Waals surface area contributed by atoms with E-state index in [2.05, 4.69) is 31.0 Å². The molecule has 2 nitrogen and oxygen atoms in total. The SMILES string of the molecule is CC.CCOc1ccc(C)c2nc(C)cc(C)c12. The van der Waals surface area contributed by atoms with Crippen LogP contribution in [-0.2, 0) is 0 Å². The van der Waals surface area contributed by atoms with E-state index >= 15 is 0 Å². The molecule has 0 atom stereocenters. The van der Waals surface area contributed by atoms with E-state index < -0.39 is 0 Å². The van der Waals surface area contributed by atoms with Crippen LogP contribution in [0.5, 0.6) is 5.75 Å². The molecular formula is C16H23NO. The fourth-order valence-electron chi connectivity index (χ4n) is 2.07. The summed E-state index contributed by atoms with van der Waals surface area (Å²) in [5.41, 5.74) is 4.55. The van der Waals surface area contributed by atoms with Crippen molar-refractivity contribution >= 4 is 10.9 Å². The topological polar surface area (TPSA) is 22.1 Å². The summed E-state index contributed by atoms with van der Waals surface area (Å²) in [6.45, 7) is 12.9. The van der Waals surface area contributed by atoms with Crippen molar-refractivity contribution in [2.75, 3.05) is 6.61 Å². The second-order valence-corrected chi connectivity index (χ2v) is 4.12. The minimum absolute atomic E-state index is 0.686. The van der Waals surface area contributed by atoms with Crippen molar-refractivity contribution in [3.8, 4) is 5.75 Å². The van der Waals surface area contributed by atoms with Crippen LogP contribution < -0.4 is 4.74 Å². The summed E-state index contributed by atoms with van der Waals surface area (Å²) in [6.07, 6.45) is 0. The number of nitrogens with zero attached hydrogens (tertiary/aromatic N) is 1. The molecule has 2 aromatic rings. The van der Waals surface area contributed by atoms with Gasteiger partial charge in [-0.15, -0.1) is 0 Å². The van der Waals surface area contributed by atoms with Gasteiger partial charge in [-0.2, -0.15) is 0 Å².